The summed E-state index contributed by atoms with van der Waals surface area (Å²) in [5, 5.41) is 0. The Morgan fingerprint density at radius 2 is 1.66 bits per heavy atom. The van der Waals surface area contributed by atoms with Crippen molar-refractivity contribution in [2.24, 2.45) is 0 Å². The van der Waals surface area contributed by atoms with E-state index in [4.69, 9.17) is 9.47 Å². The van der Waals surface area contributed by atoms with Gasteiger partial charge in [-0.1, -0.05) is 31.2 Å². The Bertz CT molecular complexity index is 838. The highest BCUT2D eigenvalue weighted by Crippen LogP contribution is 2.27. The number of methoxy groups -OCH3 is 2. The Hall–Kier alpha value is -2.79. The molecular weight excluding hydrogens is 364 g/mol. The van der Waals surface area contributed by atoms with Gasteiger partial charge in [-0.15, -0.1) is 0 Å². The predicted molar refractivity (Wildman–Crippen MR) is 115 cm³/mol. The van der Waals surface area contributed by atoms with Gasteiger partial charge in [0.15, 0.2) is 11.5 Å². The fourth-order valence-corrected chi connectivity index (χ4v) is 3.64. The van der Waals surface area contributed by atoms with E-state index in [0.717, 1.165) is 56.2 Å². The molecule has 5 nitrogen and oxygen atoms in total. The van der Waals surface area contributed by atoms with E-state index in [-0.39, 0.29) is 5.91 Å². The number of ether oxygens (including phenoxy) is 2. The maximum Gasteiger partial charge on any atom is 0.246 e. The average molecular weight is 396 g/mol. The van der Waals surface area contributed by atoms with Gasteiger partial charge in [0.1, 0.15) is 6.54 Å². The largest absolute Gasteiger partial charge is 0.493 e. The highest BCUT2D eigenvalue weighted by atomic mass is 16.5. The molecule has 1 heterocycles. The second kappa shape index (κ2) is 10.1. The van der Waals surface area contributed by atoms with Gasteiger partial charge in [0.05, 0.1) is 40.4 Å². The van der Waals surface area contributed by atoms with Crippen molar-refractivity contribution in [2.45, 2.75) is 19.9 Å². The average Bonchev–Trinajstić information content (AvgIpc) is 2.78. The zero-order valence-electron chi connectivity index (χ0n) is 17.6. The van der Waals surface area contributed by atoms with E-state index in [1.165, 1.54) is 16.0 Å². The monoisotopic (exact) mass is 395 g/mol. The molecule has 0 unspecified atom stereocenters. The number of benzene rings is 2. The normalized spacial score (nSPS) is 14.9. The van der Waals surface area contributed by atoms with E-state index in [1.54, 1.807) is 20.3 Å². The minimum Gasteiger partial charge on any atom is -0.493 e. The molecule has 2 aromatic carbocycles. The van der Waals surface area contributed by atoms with Crippen LogP contribution in [-0.2, 0) is 17.8 Å². The molecule has 1 N–H and O–H groups in total. The molecule has 5 heteroatoms. The number of carbonyl (C=O) groups excluding carboxylic acids is 1. The molecule has 1 aliphatic rings. The first-order valence-electron chi connectivity index (χ1n) is 10.2. The Morgan fingerprint density at radius 3 is 2.28 bits per heavy atom. The van der Waals surface area contributed by atoms with Crippen molar-refractivity contribution in [3.8, 4) is 11.5 Å². The zero-order valence-corrected chi connectivity index (χ0v) is 17.6. The van der Waals surface area contributed by atoms with Crippen LogP contribution in [0.4, 0.5) is 0 Å². The van der Waals surface area contributed by atoms with Crippen molar-refractivity contribution in [1.82, 2.24) is 4.90 Å². The second-order valence-corrected chi connectivity index (χ2v) is 7.37. The molecule has 29 heavy (non-hydrogen) atoms. The SMILES string of the molecule is CCc1ccc(/C=C/C(=O)N2CC[NH+](Cc3ccc(OC)c(OC)c3)CC2)cc1. The van der Waals surface area contributed by atoms with Crippen molar-refractivity contribution >= 4 is 12.0 Å². The minimum absolute atomic E-state index is 0.0923. The van der Waals surface area contributed by atoms with Crippen LogP contribution in [0.5, 0.6) is 11.5 Å². The predicted octanol–water partition coefficient (Wildman–Crippen LogP) is 2.21. The number of quaternary nitrogens is 1. The number of rotatable bonds is 7. The first kappa shape index (κ1) is 20.9. The lowest BCUT2D eigenvalue weighted by Crippen LogP contribution is -3.13. The fourth-order valence-electron chi connectivity index (χ4n) is 3.64. The molecule has 154 valence electrons. The van der Waals surface area contributed by atoms with Crippen molar-refractivity contribution in [1.29, 1.82) is 0 Å². The summed E-state index contributed by atoms with van der Waals surface area (Å²) in [5.74, 6) is 1.60. The van der Waals surface area contributed by atoms with E-state index in [0.29, 0.717) is 0 Å². The Morgan fingerprint density at radius 1 is 1.00 bits per heavy atom. The number of nitrogens with zero attached hydrogens (tertiary/aromatic N) is 1. The van der Waals surface area contributed by atoms with Crippen molar-refractivity contribution in [3.05, 3.63) is 65.2 Å². The van der Waals surface area contributed by atoms with Gasteiger partial charge in [0, 0.05) is 11.6 Å². The maximum atomic E-state index is 12.5. The third kappa shape index (κ3) is 5.61. The summed E-state index contributed by atoms with van der Waals surface area (Å²) in [6.07, 6.45) is 4.63. The van der Waals surface area contributed by atoms with E-state index in [2.05, 4.69) is 37.3 Å². The number of hydrogen-bond donors (Lipinski definition) is 1. The van der Waals surface area contributed by atoms with Crippen LogP contribution in [0.25, 0.3) is 6.08 Å². The number of aryl methyl sites for hydroxylation is 1. The molecule has 0 aromatic heterocycles. The highest BCUT2D eigenvalue weighted by molar-refractivity contribution is 5.91. The minimum atomic E-state index is 0.0923. The summed E-state index contributed by atoms with van der Waals surface area (Å²) in [6.45, 7) is 6.50. The second-order valence-electron chi connectivity index (χ2n) is 7.37. The van der Waals surface area contributed by atoms with Crippen molar-refractivity contribution in [3.63, 3.8) is 0 Å². The maximum absolute atomic E-state index is 12.5. The quantitative estimate of drug-likeness (QED) is 0.731. The van der Waals surface area contributed by atoms with Crippen LogP contribution in [0.15, 0.2) is 48.5 Å². The fraction of sp³-hybridized carbons (Fsp3) is 0.375. The third-order valence-corrected chi connectivity index (χ3v) is 5.49. The van der Waals surface area contributed by atoms with Gasteiger partial charge in [0.2, 0.25) is 5.91 Å². The van der Waals surface area contributed by atoms with E-state index in [9.17, 15) is 4.79 Å². The molecule has 0 radical (unpaired) electrons. The summed E-state index contributed by atoms with van der Waals surface area (Å²) in [6, 6.07) is 14.4. The van der Waals surface area contributed by atoms with Crippen LogP contribution in [0.2, 0.25) is 0 Å². The van der Waals surface area contributed by atoms with Gasteiger partial charge in [0.25, 0.3) is 0 Å². The molecule has 3 rings (SSSR count). The number of piperazine rings is 1. The Labute approximate surface area is 173 Å². The van der Waals surface area contributed by atoms with Gasteiger partial charge in [-0.3, -0.25) is 4.79 Å². The molecular formula is C24H31N2O3+. The number of nitrogens with one attached hydrogen (secondary N) is 1. The zero-order chi connectivity index (χ0) is 20.6. The lowest BCUT2D eigenvalue weighted by atomic mass is 10.1. The van der Waals surface area contributed by atoms with Crippen LogP contribution in [0.3, 0.4) is 0 Å². The highest BCUT2D eigenvalue weighted by Gasteiger charge is 2.22. The van der Waals surface area contributed by atoms with Gasteiger partial charge in [-0.25, -0.2) is 0 Å². The van der Waals surface area contributed by atoms with E-state index in [1.807, 2.05) is 23.1 Å². The van der Waals surface area contributed by atoms with Gasteiger partial charge in [-0.05, 0) is 41.8 Å². The number of hydrogen-bond acceptors (Lipinski definition) is 3. The molecule has 0 atom stereocenters. The molecule has 0 bridgehead atoms. The summed E-state index contributed by atoms with van der Waals surface area (Å²) < 4.78 is 10.7. The third-order valence-electron chi connectivity index (χ3n) is 5.49. The smallest absolute Gasteiger partial charge is 0.246 e. The lowest BCUT2D eigenvalue weighted by Gasteiger charge is -2.31. The summed E-state index contributed by atoms with van der Waals surface area (Å²) in [4.78, 5) is 15.9. The van der Waals surface area contributed by atoms with Crippen LogP contribution in [0, 0.1) is 0 Å². The molecule has 1 amide bonds. The standard InChI is InChI=1S/C24H30N2O3/c1-4-19-5-7-20(8-6-19)10-12-24(27)26-15-13-25(14-16-26)18-21-9-11-22(28-2)23(17-21)29-3/h5-12,17H,4,13-16,18H2,1-3H3/p+1/b12-10+. The van der Waals surface area contributed by atoms with Crippen molar-refractivity contribution < 1.29 is 19.2 Å². The van der Waals surface area contributed by atoms with E-state index < -0.39 is 0 Å². The number of carbonyl (C=O) groups is 1. The first-order chi connectivity index (χ1) is 14.1. The summed E-state index contributed by atoms with van der Waals surface area (Å²) in [7, 11) is 3.30. The van der Waals surface area contributed by atoms with Gasteiger partial charge in [-0.2, -0.15) is 0 Å². The molecule has 0 aliphatic carbocycles. The molecule has 0 spiro atoms. The van der Waals surface area contributed by atoms with Crippen LogP contribution in [0.1, 0.15) is 23.6 Å². The summed E-state index contributed by atoms with van der Waals surface area (Å²) in [5.41, 5.74) is 3.59. The molecule has 0 saturated carbocycles. The van der Waals surface area contributed by atoms with Crippen molar-refractivity contribution in [2.75, 3.05) is 40.4 Å². The molecule has 1 saturated heterocycles. The lowest BCUT2D eigenvalue weighted by molar-refractivity contribution is -0.917. The Kier molecular flexibility index (Phi) is 7.30. The molecule has 1 fully saturated rings. The van der Waals surface area contributed by atoms with Crippen LogP contribution in [-0.4, -0.2) is 51.2 Å². The van der Waals surface area contributed by atoms with Crippen LogP contribution < -0.4 is 14.4 Å². The van der Waals surface area contributed by atoms with Gasteiger partial charge < -0.3 is 19.3 Å². The summed E-state index contributed by atoms with van der Waals surface area (Å²) >= 11 is 0. The van der Waals surface area contributed by atoms with E-state index >= 15 is 0 Å². The van der Waals surface area contributed by atoms with Crippen LogP contribution >= 0.6 is 0 Å². The topological polar surface area (TPSA) is 43.2 Å². The first-order valence-corrected chi connectivity index (χ1v) is 10.2. The van der Waals surface area contributed by atoms with Gasteiger partial charge >= 0.3 is 0 Å². The molecule has 1 aliphatic heterocycles. The number of amides is 1. The Balaban J connectivity index is 1.50. The molecule has 2 aromatic rings.